The van der Waals surface area contributed by atoms with Gasteiger partial charge >= 0.3 is 0 Å². The number of nitrogens with zero attached hydrogens (tertiary/aromatic N) is 1. The molecule has 2 nitrogen and oxygen atoms in total. The fraction of sp³-hybridized carbons (Fsp3) is 0.647. The lowest BCUT2D eigenvalue weighted by Gasteiger charge is -2.24. The van der Waals surface area contributed by atoms with E-state index < -0.39 is 0 Å². The molecule has 0 saturated heterocycles. The first-order valence-corrected chi connectivity index (χ1v) is 7.69. The Kier molecular flexibility index (Phi) is 5.41. The van der Waals surface area contributed by atoms with E-state index >= 15 is 0 Å². The quantitative estimate of drug-likeness (QED) is 0.723. The molecule has 0 aliphatic heterocycles. The lowest BCUT2D eigenvalue weighted by Crippen LogP contribution is -2.30. The summed E-state index contributed by atoms with van der Waals surface area (Å²) < 4.78 is 0. The van der Waals surface area contributed by atoms with E-state index in [0.717, 1.165) is 38.0 Å². The molecule has 1 aromatic carbocycles. The molecule has 0 spiro atoms. The van der Waals surface area contributed by atoms with Crippen molar-refractivity contribution in [3.63, 3.8) is 0 Å². The molecule has 1 aliphatic carbocycles. The second-order valence-corrected chi connectivity index (χ2v) is 5.91. The summed E-state index contributed by atoms with van der Waals surface area (Å²) in [7, 11) is 2.25. The first kappa shape index (κ1) is 14.5. The Labute approximate surface area is 118 Å². The highest BCUT2D eigenvalue weighted by molar-refractivity contribution is 5.22. The van der Waals surface area contributed by atoms with Crippen molar-refractivity contribution in [2.75, 3.05) is 20.1 Å². The molecule has 1 N–H and O–H groups in total. The third kappa shape index (κ3) is 4.63. The van der Waals surface area contributed by atoms with Gasteiger partial charge in [-0.1, -0.05) is 31.2 Å². The SMILES string of the molecule is CCNCCc1ccc(CN(C)C(C)C2CC2)cc1. The lowest BCUT2D eigenvalue weighted by molar-refractivity contribution is 0.226. The molecule has 1 saturated carbocycles. The van der Waals surface area contributed by atoms with Crippen molar-refractivity contribution in [3.05, 3.63) is 35.4 Å². The fourth-order valence-corrected chi connectivity index (χ4v) is 2.59. The molecule has 0 heterocycles. The van der Waals surface area contributed by atoms with E-state index in [-0.39, 0.29) is 0 Å². The topological polar surface area (TPSA) is 15.3 Å². The molecular formula is C17H28N2. The summed E-state index contributed by atoms with van der Waals surface area (Å²) in [5.41, 5.74) is 2.87. The molecule has 0 radical (unpaired) electrons. The lowest BCUT2D eigenvalue weighted by atomic mass is 10.1. The fourth-order valence-electron chi connectivity index (χ4n) is 2.59. The summed E-state index contributed by atoms with van der Waals surface area (Å²) >= 11 is 0. The molecule has 0 amide bonds. The zero-order chi connectivity index (χ0) is 13.7. The molecule has 0 aromatic heterocycles. The zero-order valence-corrected chi connectivity index (χ0v) is 12.7. The Morgan fingerprint density at radius 2 is 1.84 bits per heavy atom. The minimum absolute atomic E-state index is 0.730. The Hall–Kier alpha value is -0.860. The Morgan fingerprint density at radius 1 is 1.21 bits per heavy atom. The summed E-state index contributed by atoms with van der Waals surface area (Å²) in [4.78, 5) is 2.49. The second kappa shape index (κ2) is 7.06. The van der Waals surface area contributed by atoms with Crippen LogP contribution in [-0.2, 0) is 13.0 Å². The zero-order valence-electron chi connectivity index (χ0n) is 12.7. The summed E-state index contributed by atoms with van der Waals surface area (Å²) in [5.74, 6) is 0.949. The van der Waals surface area contributed by atoms with Gasteiger partial charge in [0.25, 0.3) is 0 Å². The molecule has 1 fully saturated rings. The van der Waals surface area contributed by atoms with E-state index in [2.05, 4.69) is 55.4 Å². The summed E-state index contributed by atoms with van der Waals surface area (Å²) in [5, 5.41) is 3.37. The molecule has 106 valence electrons. The minimum Gasteiger partial charge on any atom is -0.317 e. The van der Waals surface area contributed by atoms with Crippen molar-refractivity contribution >= 4 is 0 Å². The van der Waals surface area contributed by atoms with Gasteiger partial charge in [0.05, 0.1) is 0 Å². The Balaban J connectivity index is 1.80. The maximum atomic E-state index is 3.37. The van der Waals surface area contributed by atoms with Crippen LogP contribution < -0.4 is 5.32 Å². The minimum atomic E-state index is 0.730. The van der Waals surface area contributed by atoms with Crippen molar-refractivity contribution in [2.45, 2.75) is 45.7 Å². The number of hydrogen-bond donors (Lipinski definition) is 1. The van der Waals surface area contributed by atoms with E-state index in [1.807, 2.05) is 0 Å². The molecule has 1 unspecified atom stereocenters. The third-order valence-corrected chi connectivity index (χ3v) is 4.29. The van der Waals surface area contributed by atoms with Crippen LogP contribution in [0.2, 0.25) is 0 Å². The van der Waals surface area contributed by atoms with Crippen molar-refractivity contribution < 1.29 is 0 Å². The Morgan fingerprint density at radius 3 is 2.42 bits per heavy atom. The highest BCUT2D eigenvalue weighted by Crippen LogP contribution is 2.35. The van der Waals surface area contributed by atoms with Crippen molar-refractivity contribution in [3.8, 4) is 0 Å². The summed E-state index contributed by atoms with van der Waals surface area (Å²) in [6.07, 6.45) is 3.98. The highest BCUT2D eigenvalue weighted by Gasteiger charge is 2.30. The van der Waals surface area contributed by atoms with Gasteiger partial charge in [0, 0.05) is 12.6 Å². The van der Waals surface area contributed by atoms with Gasteiger partial charge in [-0.2, -0.15) is 0 Å². The van der Waals surface area contributed by atoms with Crippen molar-refractivity contribution in [1.82, 2.24) is 10.2 Å². The van der Waals surface area contributed by atoms with Crippen molar-refractivity contribution in [1.29, 1.82) is 0 Å². The second-order valence-electron chi connectivity index (χ2n) is 5.91. The van der Waals surface area contributed by atoms with Crippen LogP contribution in [0.25, 0.3) is 0 Å². The normalized spacial score (nSPS) is 16.8. The molecule has 1 aliphatic rings. The van der Waals surface area contributed by atoms with E-state index in [9.17, 15) is 0 Å². The number of nitrogens with one attached hydrogen (secondary N) is 1. The van der Waals surface area contributed by atoms with E-state index in [1.54, 1.807) is 0 Å². The van der Waals surface area contributed by atoms with E-state index in [4.69, 9.17) is 0 Å². The smallest absolute Gasteiger partial charge is 0.0233 e. The van der Waals surface area contributed by atoms with Crippen LogP contribution in [0.4, 0.5) is 0 Å². The number of hydrogen-bond acceptors (Lipinski definition) is 2. The average molecular weight is 260 g/mol. The van der Waals surface area contributed by atoms with Gasteiger partial charge in [-0.3, -0.25) is 4.90 Å². The van der Waals surface area contributed by atoms with Crippen LogP contribution in [-0.4, -0.2) is 31.1 Å². The van der Waals surface area contributed by atoms with Gasteiger partial charge < -0.3 is 5.32 Å². The maximum Gasteiger partial charge on any atom is 0.0233 e. The van der Waals surface area contributed by atoms with Crippen LogP contribution in [0.5, 0.6) is 0 Å². The maximum absolute atomic E-state index is 3.37. The van der Waals surface area contributed by atoms with Crippen LogP contribution >= 0.6 is 0 Å². The van der Waals surface area contributed by atoms with E-state index in [0.29, 0.717) is 0 Å². The van der Waals surface area contributed by atoms with Gasteiger partial charge in [0.2, 0.25) is 0 Å². The van der Waals surface area contributed by atoms with Gasteiger partial charge in [0.15, 0.2) is 0 Å². The molecule has 1 aromatic rings. The van der Waals surface area contributed by atoms with Gasteiger partial charge in [-0.25, -0.2) is 0 Å². The predicted octanol–water partition coefficient (Wildman–Crippen LogP) is 3.07. The van der Waals surface area contributed by atoms with Gasteiger partial charge in [0.1, 0.15) is 0 Å². The van der Waals surface area contributed by atoms with Crippen molar-refractivity contribution in [2.24, 2.45) is 5.92 Å². The van der Waals surface area contributed by atoms with Crippen LogP contribution in [0.1, 0.15) is 37.8 Å². The molecule has 2 rings (SSSR count). The number of rotatable bonds is 8. The molecular weight excluding hydrogens is 232 g/mol. The first-order chi connectivity index (χ1) is 9.20. The first-order valence-electron chi connectivity index (χ1n) is 7.69. The molecule has 19 heavy (non-hydrogen) atoms. The molecule has 1 atom stereocenters. The number of likely N-dealkylation sites (N-methyl/N-ethyl adjacent to an activating group) is 1. The highest BCUT2D eigenvalue weighted by atomic mass is 15.1. The average Bonchev–Trinajstić information content (AvgIpc) is 3.24. The monoisotopic (exact) mass is 260 g/mol. The van der Waals surface area contributed by atoms with Crippen LogP contribution in [0, 0.1) is 5.92 Å². The van der Waals surface area contributed by atoms with Crippen LogP contribution in [0.15, 0.2) is 24.3 Å². The van der Waals surface area contributed by atoms with Gasteiger partial charge in [-0.15, -0.1) is 0 Å². The van der Waals surface area contributed by atoms with Gasteiger partial charge in [-0.05, 0) is 63.4 Å². The predicted molar refractivity (Wildman–Crippen MR) is 82.3 cm³/mol. The van der Waals surface area contributed by atoms with E-state index in [1.165, 1.54) is 24.0 Å². The summed E-state index contributed by atoms with van der Waals surface area (Å²) in [6.45, 7) is 7.73. The summed E-state index contributed by atoms with van der Waals surface area (Å²) in [6, 6.07) is 9.87. The Bertz CT molecular complexity index is 367. The largest absolute Gasteiger partial charge is 0.317 e. The molecule has 2 heteroatoms. The van der Waals surface area contributed by atoms with Crippen LogP contribution in [0.3, 0.4) is 0 Å². The third-order valence-electron chi connectivity index (χ3n) is 4.29. The molecule has 0 bridgehead atoms. The number of benzene rings is 1. The standard InChI is InChI=1S/C17H28N2/c1-4-18-12-11-15-5-7-16(8-6-15)13-19(3)14(2)17-9-10-17/h5-8,14,17-18H,4,9-13H2,1-3H3.